The molecule has 2 aromatic heterocycles. The third kappa shape index (κ3) is 3.75. The molecule has 146 valence electrons. The highest BCUT2D eigenvalue weighted by Crippen LogP contribution is 2.27. The number of carbonyl (C=O) groups excluding carboxylic acids is 1. The van der Waals surface area contributed by atoms with E-state index >= 15 is 0 Å². The Bertz CT molecular complexity index is 1010. The molecule has 1 amide bonds. The van der Waals surface area contributed by atoms with Gasteiger partial charge in [-0.1, -0.05) is 5.21 Å². The van der Waals surface area contributed by atoms with Crippen molar-refractivity contribution >= 4 is 17.9 Å². The molecule has 0 bridgehead atoms. The Kier molecular flexibility index (Phi) is 5.48. The fourth-order valence-electron chi connectivity index (χ4n) is 2.34. The van der Waals surface area contributed by atoms with Crippen LogP contribution >= 0.6 is 0 Å². The maximum absolute atomic E-state index is 12.3. The first-order chi connectivity index (χ1) is 13.5. The zero-order valence-corrected chi connectivity index (χ0v) is 15.4. The molecule has 0 radical (unpaired) electrons. The van der Waals surface area contributed by atoms with Crippen molar-refractivity contribution in [1.82, 2.24) is 30.7 Å². The SMILES string of the molecule is CCOc1cc(/C=N/NC(=O)c2nnn(-c3nonc3N)c2C)ccc1OC. The molecule has 0 saturated heterocycles. The van der Waals surface area contributed by atoms with Gasteiger partial charge in [0.25, 0.3) is 5.91 Å². The summed E-state index contributed by atoms with van der Waals surface area (Å²) in [4.78, 5) is 12.3. The van der Waals surface area contributed by atoms with Crippen molar-refractivity contribution in [2.24, 2.45) is 5.10 Å². The number of benzene rings is 1. The molecule has 3 N–H and O–H groups in total. The molecule has 0 atom stereocenters. The molecule has 0 saturated carbocycles. The van der Waals surface area contributed by atoms with Gasteiger partial charge in [0.1, 0.15) is 0 Å². The molecule has 0 unspecified atom stereocenters. The van der Waals surface area contributed by atoms with E-state index in [-0.39, 0.29) is 17.3 Å². The maximum Gasteiger partial charge on any atom is 0.293 e. The molecule has 28 heavy (non-hydrogen) atoms. The van der Waals surface area contributed by atoms with Crippen LogP contribution in [-0.4, -0.2) is 51.1 Å². The van der Waals surface area contributed by atoms with Crippen molar-refractivity contribution in [3.05, 3.63) is 35.2 Å². The summed E-state index contributed by atoms with van der Waals surface area (Å²) >= 11 is 0. The van der Waals surface area contributed by atoms with Crippen molar-refractivity contribution in [2.45, 2.75) is 13.8 Å². The first-order valence-corrected chi connectivity index (χ1v) is 8.20. The Hall–Kier alpha value is -3.96. The number of nitrogens with two attached hydrogens (primary N) is 1. The fourth-order valence-corrected chi connectivity index (χ4v) is 2.34. The highest BCUT2D eigenvalue weighted by atomic mass is 16.6. The van der Waals surface area contributed by atoms with Crippen LogP contribution in [0.4, 0.5) is 5.82 Å². The summed E-state index contributed by atoms with van der Waals surface area (Å²) in [6, 6.07) is 5.28. The lowest BCUT2D eigenvalue weighted by atomic mass is 10.2. The van der Waals surface area contributed by atoms with Crippen LogP contribution in [0.3, 0.4) is 0 Å². The van der Waals surface area contributed by atoms with Gasteiger partial charge in [0.15, 0.2) is 17.2 Å². The second-order valence-corrected chi connectivity index (χ2v) is 5.45. The monoisotopic (exact) mass is 386 g/mol. The number of anilines is 1. The molecule has 0 aliphatic heterocycles. The number of rotatable bonds is 7. The smallest absolute Gasteiger partial charge is 0.293 e. The lowest BCUT2D eigenvalue weighted by Gasteiger charge is -2.09. The van der Waals surface area contributed by atoms with Crippen LogP contribution in [0, 0.1) is 6.92 Å². The number of amides is 1. The number of hydrogen-bond donors (Lipinski definition) is 2. The standard InChI is InChI=1S/C16H18N8O4/c1-4-27-12-7-10(5-6-11(12)26-3)8-18-20-16(25)13-9(2)24(23-19-13)15-14(17)21-28-22-15/h5-8H,4H2,1-3H3,(H2,17,21)(H,20,25)/b18-8+. The van der Waals surface area contributed by atoms with E-state index in [9.17, 15) is 4.79 Å². The van der Waals surface area contributed by atoms with Crippen LogP contribution in [-0.2, 0) is 0 Å². The molecule has 1 aromatic carbocycles. The zero-order chi connectivity index (χ0) is 20.1. The molecule has 0 aliphatic carbocycles. The number of aromatic nitrogens is 5. The van der Waals surface area contributed by atoms with Gasteiger partial charge in [-0.25, -0.2) is 10.1 Å². The van der Waals surface area contributed by atoms with Crippen LogP contribution in [0.2, 0.25) is 0 Å². The van der Waals surface area contributed by atoms with E-state index in [1.807, 2.05) is 6.92 Å². The van der Waals surface area contributed by atoms with Gasteiger partial charge in [0.05, 0.1) is 25.6 Å². The highest BCUT2D eigenvalue weighted by molar-refractivity contribution is 5.94. The molecule has 12 heteroatoms. The fraction of sp³-hybridized carbons (Fsp3) is 0.250. The number of carbonyl (C=O) groups is 1. The van der Waals surface area contributed by atoms with Gasteiger partial charge in [0.2, 0.25) is 11.6 Å². The Morgan fingerprint density at radius 2 is 2.21 bits per heavy atom. The normalized spacial score (nSPS) is 11.0. The number of nitrogens with zero attached hydrogens (tertiary/aromatic N) is 6. The second-order valence-electron chi connectivity index (χ2n) is 5.45. The molecule has 2 heterocycles. The van der Waals surface area contributed by atoms with Gasteiger partial charge in [0, 0.05) is 0 Å². The minimum Gasteiger partial charge on any atom is -0.493 e. The number of ether oxygens (including phenoxy) is 2. The summed E-state index contributed by atoms with van der Waals surface area (Å²) in [5.41, 5.74) is 9.19. The number of nitrogen functional groups attached to an aromatic ring is 1. The van der Waals surface area contributed by atoms with E-state index in [0.717, 1.165) is 0 Å². The molecule has 3 rings (SSSR count). The topological polar surface area (TPSA) is 156 Å². The molecule has 0 spiro atoms. The predicted octanol–water partition coefficient (Wildman–Crippen LogP) is 0.712. The van der Waals surface area contributed by atoms with E-state index in [2.05, 4.69) is 35.8 Å². The third-order valence-corrected chi connectivity index (χ3v) is 3.67. The van der Waals surface area contributed by atoms with Crippen LogP contribution in [0.5, 0.6) is 11.5 Å². The van der Waals surface area contributed by atoms with Crippen LogP contribution in [0.1, 0.15) is 28.7 Å². The van der Waals surface area contributed by atoms with E-state index in [4.69, 9.17) is 15.2 Å². The van der Waals surface area contributed by atoms with Crippen molar-refractivity contribution in [3.8, 4) is 17.3 Å². The molecule has 0 fully saturated rings. The van der Waals surface area contributed by atoms with Gasteiger partial charge in [-0.3, -0.25) is 4.79 Å². The number of hydrazone groups is 1. The first kappa shape index (κ1) is 18.8. The predicted molar refractivity (Wildman–Crippen MR) is 97.6 cm³/mol. The Labute approximate surface area is 159 Å². The molecule has 12 nitrogen and oxygen atoms in total. The maximum atomic E-state index is 12.3. The zero-order valence-electron chi connectivity index (χ0n) is 15.4. The number of methoxy groups -OCH3 is 1. The van der Waals surface area contributed by atoms with Gasteiger partial charge in [-0.2, -0.15) is 9.78 Å². The van der Waals surface area contributed by atoms with E-state index < -0.39 is 5.91 Å². The summed E-state index contributed by atoms with van der Waals surface area (Å²) in [5, 5.41) is 18.7. The van der Waals surface area contributed by atoms with Crippen LogP contribution < -0.4 is 20.6 Å². The third-order valence-electron chi connectivity index (χ3n) is 3.67. The summed E-state index contributed by atoms with van der Waals surface area (Å²) in [7, 11) is 1.56. The number of nitrogens with one attached hydrogen (secondary N) is 1. The minimum atomic E-state index is -0.548. The van der Waals surface area contributed by atoms with Crippen molar-refractivity contribution in [1.29, 1.82) is 0 Å². The average Bonchev–Trinajstić information content (AvgIpc) is 3.27. The summed E-state index contributed by atoms with van der Waals surface area (Å²) in [6.07, 6.45) is 1.47. The average molecular weight is 386 g/mol. The Morgan fingerprint density at radius 1 is 1.39 bits per heavy atom. The lowest BCUT2D eigenvalue weighted by Crippen LogP contribution is -2.19. The van der Waals surface area contributed by atoms with Crippen molar-refractivity contribution in [2.75, 3.05) is 19.5 Å². The number of hydrogen-bond acceptors (Lipinski definition) is 10. The quantitative estimate of drug-likeness (QED) is 0.441. The highest BCUT2D eigenvalue weighted by Gasteiger charge is 2.20. The summed E-state index contributed by atoms with van der Waals surface area (Å²) in [5.74, 6) is 0.820. The molecule has 0 aliphatic rings. The molecule has 3 aromatic rings. The van der Waals surface area contributed by atoms with Crippen LogP contribution in [0.25, 0.3) is 5.82 Å². The molecular weight excluding hydrogens is 368 g/mol. The van der Waals surface area contributed by atoms with Crippen molar-refractivity contribution in [3.63, 3.8) is 0 Å². The Morgan fingerprint density at radius 3 is 2.89 bits per heavy atom. The Balaban J connectivity index is 1.72. The minimum absolute atomic E-state index is 0.0302. The summed E-state index contributed by atoms with van der Waals surface area (Å²) in [6.45, 7) is 4.00. The van der Waals surface area contributed by atoms with Crippen LogP contribution in [0.15, 0.2) is 27.9 Å². The largest absolute Gasteiger partial charge is 0.493 e. The van der Waals surface area contributed by atoms with Gasteiger partial charge < -0.3 is 15.2 Å². The van der Waals surface area contributed by atoms with Gasteiger partial charge >= 0.3 is 0 Å². The first-order valence-electron chi connectivity index (χ1n) is 8.20. The lowest BCUT2D eigenvalue weighted by molar-refractivity contribution is 0.0949. The van der Waals surface area contributed by atoms with Gasteiger partial charge in [-0.15, -0.1) is 5.10 Å². The van der Waals surface area contributed by atoms with E-state index in [1.54, 1.807) is 32.2 Å². The van der Waals surface area contributed by atoms with Crippen molar-refractivity contribution < 1.29 is 18.9 Å². The van der Waals surface area contributed by atoms with E-state index in [0.29, 0.717) is 29.4 Å². The summed E-state index contributed by atoms with van der Waals surface area (Å²) < 4.78 is 16.5. The van der Waals surface area contributed by atoms with Gasteiger partial charge in [-0.05, 0) is 47.9 Å². The second kappa shape index (κ2) is 8.16. The van der Waals surface area contributed by atoms with E-state index in [1.165, 1.54) is 10.9 Å². The molecular formula is C16H18N8O4.